The summed E-state index contributed by atoms with van der Waals surface area (Å²) < 4.78 is 43.9. The van der Waals surface area contributed by atoms with Gasteiger partial charge in [-0.05, 0) is 49.2 Å². The molecule has 8 heteroatoms. The molecule has 0 radical (unpaired) electrons. The predicted octanol–water partition coefficient (Wildman–Crippen LogP) is 4.52. The van der Waals surface area contributed by atoms with Gasteiger partial charge in [-0.1, -0.05) is 12.1 Å². The van der Waals surface area contributed by atoms with Gasteiger partial charge in [0.05, 0.1) is 28.8 Å². The number of benzene rings is 2. The van der Waals surface area contributed by atoms with Crippen LogP contribution in [0, 0.1) is 0 Å². The Morgan fingerprint density at radius 3 is 2.37 bits per heavy atom. The smallest absolute Gasteiger partial charge is 0.416 e. The fraction of sp³-hybridized carbons (Fsp3) is 0.263. The van der Waals surface area contributed by atoms with Crippen molar-refractivity contribution in [1.29, 1.82) is 0 Å². The average molecular weight is 375 g/mol. The summed E-state index contributed by atoms with van der Waals surface area (Å²) in [7, 11) is 0. The zero-order valence-corrected chi connectivity index (χ0v) is 14.1. The Morgan fingerprint density at radius 2 is 1.74 bits per heavy atom. The standard InChI is InChI=1S/C19H16F3N3O2/c20-19(21,22)12-5-7-13(8-6-12)23-15-4-2-1-3-14(15)16-24-25-17(27-16)18(11-26)9-10-18/h1-8,23,26H,9-11H2. The molecular formula is C19H16F3N3O2. The summed E-state index contributed by atoms with van der Waals surface area (Å²) in [5.41, 5.74) is 0.623. The molecule has 1 fully saturated rings. The van der Waals surface area contributed by atoms with Gasteiger partial charge in [-0.2, -0.15) is 13.2 Å². The molecule has 1 aliphatic rings. The first-order chi connectivity index (χ1) is 12.9. The second kappa shape index (κ2) is 6.38. The summed E-state index contributed by atoms with van der Waals surface area (Å²) in [6.07, 6.45) is -2.77. The van der Waals surface area contributed by atoms with E-state index in [1.807, 2.05) is 0 Å². The third-order valence-corrected chi connectivity index (χ3v) is 4.68. The predicted molar refractivity (Wildman–Crippen MR) is 92.5 cm³/mol. The normalized spacial score (nSPS) is 15.6. The maximum absolute atomic E-state index is 12.7. The number of anilines is 2. The van der Waals surface area contributed by atoms with Crippen molar-refractivity contribution in [2.24, 2.45) is 0 Å². The Bertz CT molecular complexity index is 947. The third-order valence-electron chi connectivity index (χ3n) is 4.68. The van der Waals surface area contributed by atoms with Crippen molar-refractivity contribution in [3.05, 3.63) is 60.0 Å². The average Bonchev–Trinajstić information content (AvgIpc) is 3.30. The van der Waals surface area contributed by atoms with E-state index in [9.17, 15) is 18.3 Å². The largest absolute Gasteiger partial charge is 0.420 e. The van der Waals surface area contributed by atoms with Crippen LogP contribution in [0.4, 0.5) is 24.5 Å². The first-order valence-electron chi connectivity index (χ1n) is 8.40. The molecule has 2 N–H and O–H groups in total. The van der Waals surface area contributed by atoms with E-state index in [2.05, 4.69) is 15.5 Å². The van der Waals surface area contributed by atoms with Crippen LogP contribution in [0.15, 0.2) is 52.9 Å². The molecule has 27 heavy (non-hydrogen) atoms. The van der Waals surface area contributed by atoms with Crippen LogP contribution in [0.2, 0.25) is 0 Å². The SMILES string of the molecule is OCC1(c2nnc(-c3ccccc3Nc3ccc(C(F)(F)F)cc3)o2)CC1. The van der Waals surface area contributed by atoms with Gasteiger partial charge in [-0.25, -0.2) is 0 Å². The highest BCUT2D eigenvalue weighted by Crippen LogP contribution is 2.47. The van der Waals surface area contributed by atoms with Gasteiger partial charge in [0.25, 0.3) is 0 Å². The van der Waals surface area contributed by atoms with E-state index in [0.717, 1.165) is 25.0 Å². The number of rotatable bonds is 5. The van der Waals surface area contributed by atoms with Crippen LogP contribution in [0.5, 0.6) is 0 Å². The fourth-order valence-corrected chi connectivity index (χ4v) is 2.81. The molecule has 0 bridgehead atoms. The van der Waals surface area contributed by atoms with Gasteiger partial charge >= 0.3 is 6.18 Å². The van der Waals surface area contributed by atoms with E-state index in [0.29, 0.717) is 28.7 Å². The van der Waals surface area contributed by atoms with Gasteiger partial charge in [0, 0.05) is 5.69 Å². The van der Waals surface area contributed by atoms with Crippen molar-refractivity contribution in [1.82, 2.24) is 10.2 Å². The molecule has 0 saturated heterocycles. The van der Waals surface area contributed by atoms with Crippen molar-refractivity contribution in [2.75, 3.05) is 11.9 Å². The molecule has 1 aliphatic carbocycles. The minimum atomic E-state index is -4.37. The van der Waals surface area contributed by atoms with Gasteiger partial charge < -0.3 is 14.8 Å². The molecular weight excluding hydrogens is 359 g/mol. The van der Waals surface area contributed by atoms with Crippen molar-refractivity contribution in [2.45, 2.75) is 24.4 Å². The number of para-hydroxylation sites is 1. The lowest BCUT2D eigenvalue weighted by Gasteiger charge is -2.11. The van der Waals surface area contributed by atoms with Gasteiger partial charge in [0.1, 0.15) is 0 Å². The Labute approximate surface area is 152 Å². The van der Waals surface area contributed by atoms with E-state index in [4.69, 9.17) is 4.42 Å². The lowest BCUT2D eigenvalue weighted by atomic mass is 10.1. The van der Waals surface area contributed by atoms with Crippen molar-refractivity contribution >= 4 is 11.4 Å². The molecule has 4 rings (SSSR count). The number of hydrogen-bond acceptors (Lipinski definition) is 5. The molecule has 5 nitrogen and oxygen atoms in total. The first kappa shape index (κ1) is 17.5. The highest BCUT2D eigenvalue weighted by atomic mass is 19.4. The highest BCUT2D eigenvalue weighted by Gasteiger charge is 2.48. The number of aromatic nitrogens is 2. The Kier molecular flexibility index (Phi) is 4.15. The van der Waals surface area contributed by atoms with E-state index in [-0.39, 0.29) is 6.61 Å². The lowest BCUT2D eigenvalue weighted by molar-refractivity contribution is -0.137. The fourth-order valence-electron chi connectivity index (χ4n) is 2.81. The zero-order chi connectivity index (χ0) is 19.1. The van der Waals surface area contributed by atoms with E-state index in [1.165, 1.54) is 12.1 Å². The van der Waals surface area contributed by atoms with Crippen LogP contribution in [0.1, 0.15) is 24.3 Å². The molecule has 0 spiro atoms. The van der Waals surface area contributed by atoms with Gasteiger partial charge in [0.15, 0.2) is 0 Å². The van der Waals surface area contributed by atoms with Crippen LogP contribution in [0.25, 0.3) is 11.5 Å². The minimum absolute atomic E-state index is 0.0416. The van der Waals surface area contributed by atoms with Crippen molar-refractivity contribution in [3.8, 4) is 11.5 Å². The monoisotopic (exact) mass is 375 g/mol. The molecule has 3 aromatic rings. The van der Waals surface area contributed by atoms with Gasteiger partial charge in [0.2, 0.25) is 11.8 Å². The number of aliphatic hydroxyl groups is 1. The summed E-state index contributed by atoms with van der Waals surface area (Å²) in [5.74, 6) is 0.698. The maximum atomic E-state index is 12.7. The van der Waals surface area contributed by atoms with E-state index < -0.39 is 17.2 Å². The Hall–Kier alpha value is -2.87. The molecule has 1 saturated carbocycles. The van der Waals surface area contributed by atoms with Gasteiger partial charge in [-0.3, -0.25) is 0 Å². The summed E-state index contributed by atoms with van der Waals surface area (Å²) in [6, 6.07) is 11.9. The maximum Gasteiger partial charge on any atom is 0.416 e. The summed E-state index contributed by atoms with van der Waals surface area (Å²) in [6.45, 7) is -0.0416. The van der Waals surface area contributed by atoms with Crippen LogP contribution >= 0.6 is 0 Å². The van der Waals surface area contributed by atoms with Gasteiger partial charge in [-0.15, -0.1) is 10.2 Å². The van der Waals surface area contributed by atoms with Crippen LogP contribution in [-0.4, -0.2) is 21.9 Å². The van der Waals surface area contributed by atoms with Crippen LogP contribution in [-0.2, 0) is 11.6 Å². The summed E-state index contributed by atoms with van der Waals surface area (Å²) in [5, 5.41) is 20.7. The number of nitrogens with one attached hydrogen (secondary N) is 1. The number of nitrogens with zero attached hydrogens (tertiary/aromatic N) is 2. The molecule has 0 unspecified atom stereocenters. The van der Waals surface area contributed by atoms with Crippen molar-refractivity contribution < 1.29 is 22.7 Å². The molecule has 140 valence electrons. The summed E-state index contributed by atoms with van der Waals surface area (Å²) in [4.78, 5) is 0. The zero-order valence-electron chi connectivity index (χ0n) is 14.1. The molecule has 1 aromatic heterocycles. The molecule has 0 aliphatic heterocycles. The highest BCUT2D eigenvalue weighted by molar-refractivity contribution is 5.76. The number of aliphatic hydroxyl groups excluding tert-OH is 1. The van der Waals surface area contributed by atoms with E-state index >= 15 is 0 Å². The van der Waals surface area contributed by atoms with Crippen molar-refractivity contribution in [3.63, 3.8) is 0 Å². The second-order valence-electron chi connectivity index (χ2n) is 6.60. The minimum Gasteiger partial charge on any atom is -0.420 e. The molecule has 1 heterocycles. The van der Waals surface area contributed by atoms with E-state index in [1.54, 1.807) is 24.3 Å². The second-order valence-corrected chi connectivity index (χ2v) is 6.60. The number of alkyl halides is 3. The number of halogens is 3. The first-order valence-corrected chi connectivity index (χ1v) is 8.40. The number of hydrogen-bond donors (Lipinski definition) is 2. The third kappa shape index (κ3) is 3.40. The Balaban J connectivity index is 1.60. The van der Waals surface area contributed by atoms with Crippen LogP contribution < -0.4 is 5.32 Å². The summed E-state index contributed by atoms with van der Waals surface area (Å²) >= 11 is 0. The quantitative estimate of drug-likeness (QED) is 0.686. The molecule has 0 atom stereocenters. The lowest BCUT2D eigenvalue weighted by Crippen LogP contribution is -2.12. The Morgan fingerprint density at radius 1 is 1.04 bits per heavy atom. The topological polar surface area (TPSA) is 71.2 Å². The molecule has 0 amide bonds. The molecule has 2 aromatic carbocycles. The van der Waals surface area contributed by atoms with Crippen LogP contribution in [0.3, 0.4) is 0 Å².